The number of nitrogens with one attached hydrogen (secondary N) is 3. The fraction of sp³-hybridized carbons (Fsp3) is 0.158. The van der Waals surface area contributed by atoms with Crippen molar-refractivity contribution >= 4 is 35.0 Å². The van der Waals surface area contributed by atoms with Crippen molar-refractivity contribution in [1.82, 2.24) is 20.5 Å². The average Bonchev–Trinajstić information content (AvgIpc) is 2.70. The Hall–Kier alpha value is -3.26. The van der Waals surface area contributed by atoms with Crippen LogP contribution in [0.3, 0.4) is 0 Å². The number of hydrogen-bond donors (Lipinski definition) is 3. The molecule has 1 aromatic carbocycles. The summed E-state index contributed by atoms with van der Waals surface area (Å²) in [6.45, 7) is 0.791. The van der Waals surface area contributed by atoms with E-state index in [2.05, 4.69) is 31.1 Å². The van der Waals surface area contributed by atoms with E-state index in [9.17, 15) is 9.18 Å². The number of carbonyl (C=O) groups is 1. The summed E-state index contributed by atoms with van der Waals surface area (Å²) in [5.41, 5.74) is 0.191. The van der Waals surface area contributed by atoms with Crippen molar-refractivity contribution in [2.75, 3.05) is 23.7 Å². The van der Waals surface area contributed by atoms with Crippen LogP contribution in [0, 0.1) is 5.82 Å². The number of amides is 1. The second-order valence-corrected chi connectivity index (χ2v) is 6.20. The molecule has 3 rings (SSSR count). The third-order valence-corrected chi connectivity index (χ3v) is 4.09. The Morgan fingerprint density at radius 2 is 1.79 bits per heavy atom. The molecule has 0 unspecified atom stereocenters. The number of nitrogens with zero attached hydrogens (tertiary/aromatic N) is 3. The number of benzene rings is 1. The van der Waals surface area contributed by atoms with Crippen LogP contribution in [0.4, 0.5) is 21.8 Å². The number of anilines is 3. The van der Waals surface area contributed by atoms with Crippen molar-refractivity contribution in [2.24, 2.45) is 0 Å². The molecule has 2 heterocycles. The number of halogens is 2. The first-order valence-electron chi connectivity index (χ1n) is 8.57. The van der Waals surface area contributed by atoms with Gasteiger partial charge in [0.25, 0.3) is 0 Å². The van der Waals surface area contributed by atoms with Crippen molar-refractivity contribution in [1.29, 1.82) is 0 Å². The summed E-state index contributed by atoms with van der Waals surface area (Å²) >= 11 is 5.92. The van der Waals surface area contributed by atoms with Crippen LogP contribution in [0.1, 0.15) is 5.56 Å². The van der Waals surface area contributed by atoms with Crippen LogP contribution >= 0.6 is 11.6 Å². The molecule has 0 radical (unpaired) electrons. The van der Waals surface area contributed by atoms with Crippen LogP contribution in [0.15, 0.2) is 54.7 Å². The average molecular weight is 401 g/mol. The van der Waals surface area contributed by atoms with E-state index >= 15 is 0 Å². The van der Waals surface area contributed by atoms with Gasteiger partial charge in [-0.3, -0.25) is 4.79 Å². The second kappa shape index (κ2) is 9.61. The van der Waals surface area contributed by atoms with E-state index in [4.69, 9.17) is 11.6 Å². The molecule has 28 heavy (non-hydrogen) atoms. The summed E-state index contributed by atoms with van der Waals surface area (Å²) in [5.74, 6) is 1.01. The van der Waals surface area contributed by atoms with Crippen LogP contribution in [-0.4, -0.2) is 34.2 Å². The van der Waals surface area contributed by atoms with E-state index in [1.165, 1.54) is 12.1 Å². The Labute approximate surface area is 166 Å². The minimum absolute atomic E-state index is 0.112. The summed E-state index contributed by atoms with van der Waals surface area (Å²) < 4.78 is 13.7. The molecule has 3 N–H and O–H groups in total. The Bertz CT molecular complexity index is 903. The van der Waals surface area contributed by atoms with E-state index in [0.29, 0.717) is 30.5 Å². The Morgan fingerprint density at radius 3 is 2.50 bits per heavy atom. The predicted molar refractivity (Wildman–Crippen MR) is 106 cm³/mol. The van der Waals surface area contributed by atoms with Crippen molar-refractivity contribution in [3.05, 3.63) is 71.1 Å². The molecule has 9 heteroatoms. The highest BCUT2D eigenvalue weighted by atomic mass is 35.5. The zero-order chi connectivity index (χ0) is 19.8. The summed E-state index contributed by atoms with van der Waals surface area (Å²) in [7, 11) is 0. The highest BCUT2D eigenvalue weighted by molar-refractivity contribution is 6.31. The summed E-state index contributed by atoms with van der Waals surface area (Å²) in [6.07, 6.45) is 1.57. The molecule has 0 saturated carbocycles. The van der Waals surface area contributed by atoms with Gasteiger partial charge in [0.05, 0.1) is 6.42 Å². The van der Waals surface area contributed by atoms with Crippen molar-refractivity contribution in [3.63, 3.8) is 0 Å². The van der Waals surface area contributed by atoms with Gasteiger partial charge in [0.2, 0.25) is 5.91 Å². The fourth-order valence-corrected chi connectivity index (χ4v) is 2.61. The van der Waals surface area contributed by atoms with E-state index in [0.717, 1.165) is 0 Å². The first kappa shape index (κ1) is 19.5. The normalized spacial score (nSPS) is 10.4. The van der Waals surface area contributed by atoms with Gasteiger partial charge in [0, 0.05) is 29.9 Å². The van der Waals surface area contributed by atoms with Crippen LogP contribution < -0.4 is 16.0 Å². The van der Waals surface area contributed by atoms with Gasteiger partial charge in [-0.15, -0.1) is 10.2 Å². The molecule has 0 aliphatic carbocycles. The largest absolute Gasteiger partial charge is 0.367 e. The van der Waals surface area contributed by atoms with Crippen LogP contribution in [0.2, 0.25) is 5.02 Å². The highest BCUT2D eigenvalue weighted by Gasteiger charge is 2.11. The molecule has 2 aromatic heterocycles. The molecule has 7 nitrogen and oxygen atoms in total. The zero-order valence-electron chi connectivity index (χ0n) is 14.8. The third-order valence-electron chi connectivity index (χ3n) is 3.74. The lowest BCUT2D eigenvalue weighted by Gasteiger charge is -2.09. The van der Waals surface area contributed by atoms with Crippen LogP contribution in [-0.2, 0) is 11.2 Å². The Kier molecular flexibility index (Phi) is 6.69. The molecule has 0 fully saturated rings. The monoisotopic (exact) mass is 400 g/mol. The summed E-state index contributed by atoms with van der Waals surface area (Å²) in [5, 5.41) is 17.1. The maximum atomic E-state index is 13.7. The summed E-state index contributed by atoms with van der Waals surface area (Å²) in [6, 6.07) is 13.4. The molecule has 0 bridgehead atoms. The molecule has 0 saturated heterocycles. The van der Waals surface area contributed by atoms with Crippen molar-refractivity contribution in [3.8, 4) is 0 Å². The van der Waals surface area contributed by atoms with Gasteiger partial charge in [-0.25, -0.2) is 9.37 Å². The molecule has 0 atom stereocenters. The van der Waals surface area contributed by atoms with E-state index in [1.807, 2.05) is 18.2 Å². The quantitative estimate of drug-likeness (QED) is 0.503. The van der Waals surface area contributed by atoms with E-state index < -0.39 is 5.82 Å². The van der Waals surface area contributed by atoms with Crippen LogP contribution in [0.25, 0.3) is 0 Å². The number of carbonyl (C=O) groups excluding carboxylic acids is 1. The van der Waals surface area contributed by atoms with E-state index in [-0.39, 0.29) is 22.9 Å². The Balaban J connectivity index is 1.41. The third kappa shape index (κ3) is 5.62. The lowest BCUT2D eigenvalue weighted by Crippen LogP contribution is -2.30. The number of rotatable bonds is 8. The topological polar surface area (TPSA) is 91.8 Å². The molecular formula is C19H18ClFN6O. The smallest absolute Gasteiger partial charge is 0.224 e. The minimum Gasteiger partial charge on any atom is -0.367 e. The molecule has 0 aliphatic heterocycles. The SMILES string of the molecule is O=C(Cc1c(F)cccc1Cl)NCCNc1ccc(Nc2ccccn2)nn1. The molecule has 144 valence electrons. The maximum absolute atomic E-state index is 13.7. The van der Waals surface area contributed by atoms with Crippen molar-refractivity contribution in [2.45, 2.75) is 6.42 Å². The van der Waals surface area contributed by atoms with Gasteiger partial charge in [-0.1, -0.05) is 23.7 Å². The maximum Gasteiger partial charge on any atom is 0.224 e. The molecule has 3 aromatic rings. The molecular weight excluding hydrogens is 383 g/mol. The van der Waals surface area contributed by atoms with Gasteiger partial charge >= 0.3 is 0 Å². The number of hydrogen-bond acceptors (Lipinski definition) is 6. The molecule has 1 amide bonds. The first-order valence-corrected chi connectivity index (χ1v) is 8.95. The lowest BCUT2D eigenvalue weighted by atomic mass is 10.1. The lowest BCUT2D eigenvalue weighted by molar-refractivity contribution is -0.120. The standard InChI is InChI=1S/C19H18ClFN6O/c20-14-4-3-5-15(21)13(14)12-19(28)24-11-10-23-17-7-8-18(27-26-17)25-16-6-1-2-9-22-16/h1-9H,10-12H2,(H,23,26)(H,24,28)(H,22,25,27). The fourth-order valence-electron chi connectivity index (χ4n) is 2.38. The van der Waals surface area contributed by atoms with Crippen LogP contribution in [0.5, 0.6) is 0 Å². The minimum atomic E-state index is -0.490. The van der Waals surface area contributed by atoms with Crippen molar-refractivity contribution < 1.29 is 9.18 Å². The number of pyridine rings is 1. The molecule has 0 spiro atoms. The highest BCUT2D eigenvalue weighted by Crippen LogP contribution is 2.19. The Morgan fingerprint density at radius 1 is 0.964 bits per heavy atom. The second-order valence-electron chi connectivity index (χ2n) is 5.80. The summed E-state index contributed by atoms with van der Waals surface area (Å²) in [4.78, 5) is 16.1. The first-order chi connectivity index (χ1) is 13.6. The van der Waals surface area contributed by atoms with E-state index in [1.54, 1.807) is 24.4 Å². The molecule has 0 aliphatic rings. The number of aromatic nitrogens is 3. The van der Waals surface area contributed by atoms with Gasteiger partial charge in [-0.2, -0.15) is 0 Å². The van der Waals surface area contributed by atoms with Gasteiger partial charge in [0.15, 0.2) is 5.82 Å². The van der Waals surface area contributed by atoms with Gasteiger partial charge in [0.1, 0.15) is 17.5 Å². The van der Waals surface area contributed by atoms with Gasteiger partial charge < -0.3 is 16.0 Å². The zero-order valence-corrected chi connectivity index (χ0v) is 15.6. The predicted octanol–water partition coefficient (Wildman–Crippen LogP) is 3.18. The van der Waals surface area contributed by atoms with Gasteiger partial charge in [-0.05, 0) is 36.4 Å².